The van der Waals surface area contributed by atoms with Gasteiger partial charge in [0, 0.05) is 42.6 Å². The Morgan fingerprint density at radius 2 is 1.80 bits per heavy atom. The number of carbonyl (C=O) groups excluding carboxylic acids is 2. The molecule has 1 atom stereocenters. The molecule has 0 saturated carbocycles. The van der Waals surface area contributed by atoms with Crippen molar-refractivity contribution in [2.45, 2.75) is 51.0 Å². The Morgan fingerprint density at radius 3 is 2.54 bits per heavy atom. The van der Waals surface area contributed by atoms with E-state index in [9.17, 15) is 9.59 Å². The molecule has 2 aromatic heterocycles. The topological polar surface area (TPSA) is 53.5 Å². The zero-order valence-electron chi connectivity index (χ0n) is 20.4. The van der Waals surface area contributed by atoms with Crippen molar-refractivity contribution in [3.63, 3.8) is 0 Å². The average molecular weight is 488 g/mol. The Hall–Kier alpha value is -2.99. The van der Waals surface area contributed by atoms with Crippen LogP contribution in [0.4, 0.5) is 0 Å². The quantitative estimate of drug-likeness (QED) is 0.477. The summed E-state index contributed by atoms with van der Waals surface area (Å²) in [5, 5.41) is 2.09. The van der Waals surface area contributed by atoms with Crippen molar-refractivity contribution in [1.29, 1.82) is 0 Å². The van der Waals surface area contributed by atoms with Crippen LogP contribution in [0.1, 0.15) is 62.5 Å². The van der Waals surface area contributed by atoms with Gasteiger partial charge >= 0.3 is 0 Å². The van der Waals surface area contributed by atoms with E-state index >= 15 is 0 Å². The zero-order chi connectivity index (χ0) is 24.2. The summed E-state index contributed by atoms with van der Waals surface area (Å²) in [5.41, 5.74) is 3.94. The van der Waals surface area contributed by atoms with Crippen molar-refractivity contribution in [2.75, 3.05) is 20.1 Å². The van der Waals surface area contributed by atoms with Gasteiger partial charge < -0.3 is 9.80 Å². The first-order valence-corrected chi connectivity index (χ1v) is 13.6. The van der Waals surface area contributed by atoms with Crippen LogP contribution in [0.3, 0.4) is 0 Å². The summed E-state index contributed by atoms with van der Waals surface area (Å²) in [6, 6.07) is 15.9. The minimum Gasteiger partial charge on any atom is -0.339 e. The van der Waals surface area contributed by atoms with Gasteiger partial charge in [0.1, 0.15) is 5.69 Å². The van der Waals surface area contributed by atoms with Gasteiger partial charge in [-0.3, -0.25) is 14.6 Å². The molecule has 1 saturated heterocycles. The largest absolute Gasteiger partial charge is 0.339 e. The summed E-state index contributed by atoms with van der Waals surface area (Å²) < 4.78 is 0. The Morgan fingerprint density at radius 1 is 1.06 bits per heavy atom. The first-order valence-electron chi connectivity index (χ1n) is 12.7. The van der Waals surface area contributed by atoms with E-state index in [0.717, 1.165) is 50.8 Å². The number of likely N-dealkylation sites (N-methyl/N-ethyl adjacent to an activating group) is 1. The number of likely N-dealkylation sites (tertiary alicyclic amines) is 1. The van der Waals surface area contributed by atoms with E-state index in [0.29, 0.717) is 11.6 Å². The number of aryl methyl sites for hydroxylation is 1. The number of hydrogen-bond donors (Lipinski definition) is 0. The maximum atomic E-state index is 13.4. The lowest BCUT2D eigenvalue weighted by molar-refractivity contribution is 0.0519. The maximum Gasteiger partial charge on any atom is 0.272 e. The van der Waals surface area contributed by atoms with Gasteiger partial charge in [0.15, 0.2) is 0 Å². The van der Waals surface area contributed by atoms with Gasteiger partial charge in [-0.25, -0.2) is 0 Å². The lowest BCUT2D eigenvalue weighted by Gasteiger charge is -2.40. The molecule has 5 rings (SSSR count). The number of rotatable bonds is 6. The summed E-state index contributed by atoms with van der Waals surface area (Å²) in [7, 11) is 1.90. The fraction of sp³-hybridized carbons (Fsp3) is 0.414. The van der Waals surface area contributed by atoms with Crippen LogP contribution in [-0.2, 0) is 19.3 Å². The standard InChI is InChI=1S/C29H33N3O2S/c1-31(29(34)25-12-7-8-16-30-25)26(19-21-9-3-2-4-10-21)22-14-17-32(18-15-22)28(33)24-20-35-27-13-6-5-11-23(24)27/h2-4,7-10,12,16,20,22,26H,5-6,11,13-15,17-19H2,1H3/t26-/m0/s1. The highest BCUT2D eigenvalue weighted by molar-refractivity contribution is 7.10. The fourth-order valence-corrected chi connectivity index (χ4v) is 6.75. The number of carbonyl (C=O) groups is 2. The molecule has 2 aliphatic rings. The molecule has 182 valence electrons. The van der Waals surface area contributed by atoms with E-state index in [2.05, 4.69) is 34.6 Å². The Labute approximate surface area is 211 Å². The zero-order valence-corrected chi connectivity index (χ0v) is 21.2. The second-order valence-electron chi connectivity index (χ2n) is 9.78. The van der Waals surface area contributed by atoms with Crippen molar-refractivity contribution < 1.29 is 9.59 Å². The fourth-order valence-electron chi connectivity index (χ4n) is 5.63. The third kappa shape index (κ3) is 5.18. The second-order valence-corrected chi connectivity index (χ2v) is 10.7. The van der Waals surface area contributed by atoms with E-state index < -0.39 is 0 Å². The number of benzene rings is 1. The van der Waals surface area contributed by atoms with Crippen molar-refractivity contribution in [1.82, 2.24) is 14.8 Å². The molecule has 3 aromatic rings. The van der Waals surface area contributed by atoms with Crippen LogP contribution in [0.2, 0.25) is 0 Å². The first-order chi connectivity index (χ1) is 17.1. The van der Waals surface area contributed by atoms with Gasteiger partial charge in [-0.2, -0.15) is 0 Å². The maximum absolute atomic E-state index is 13.4. The molecule has 0 N–H and O–H groups in total. The van der Waals surface area contributed by atoms with Crippen molar-refractivity contribution >= 4 is 23.2 Å². The van der Waals surface area contributed by atoms with Crippen LogP contribution in [-0.4, -0.2) is 52.8 Å². The van der Waals surface area contributed by atoms with Gasteiger partial charge in [-0.1, -0.05) is 36.4 Å². The average Bonchev–Trinajstić information content (AvgIpc) is 3.36. The number of fused-ring (bicyclic) bond motifs is 1. The normalized spacial score (nSPS) is 17.0. The Bertz CT molecular complexity index is 1150. The van der Waals surface area contributed by atoms with E-state index in [1.54, 1.807) is 23.6 Å². The minimum atomic E-state index is -0.0464. The predicted octanol–water partition coefficient (Wildman–Crippen LogP) is 5.26. The molecule has 1 aromatic carbocycles. The molecule has 5 nitrogen and oxygen atoms in total. The van der Waals surface area contributed by atoms with Crippen LogP contribution < -0.4 is 0 Å². The third-order valence-corrected chi connectivity index (χ3v) is 8.74. The number of hydrogen-bond acceptors (Lipinski definition) is 4. The minimum absolute atomic E-state index is 0.0464. The first kappa shape index (κ1) is 23.7. The van der Waals surface area contributed by atoms with Crippen molar-refractivity contribution in [3.8, 4) is 0 Å². The highest BCUT2D eigenvalue weighted by atomic mass is 32.1. The van der Waals surface area contributed by atoms with E-state index in [1.165, 1.54) is 28.8 Å². The number of piperidine rings is 1. The molecular weight excluding hydrogens is 454 g/mol. The lowest BCUT2D eigenvalue weighted by atomic mass is 9.84. The lowest BCUT2D eigenvalue weighted by Crippen LogP contribution is -2.48. The Balaban J connectivity index is 1.30. The molecule has 6 heteroatoms. The summed E-state index contributed by atoms with van der Waals surface area (Å²) in [4.78, 5) is 36.3. The molecule has 3 heterocycles. The van der Waals surface area contributed by atoms with Crippen LogP contribution in [0.15, 0.2) is 60.1 Å². The smallest absolute Gasteiger partial charge is 0.272 e. The summed E-state index contributed by atoms with van der Waals surface area (Å²) in [6.45, 7) is 1.48. The van der Waals surface area contributed by atoms with Gasteiger partial charge in [0.25, 0.3) is 11.8 Å². The van der Waals surface area contributed by atoms with Crippen LogP contribution in [0, 0.1) is 5.92 Å². The van der Waals surface area contributed by atoms with E-state index in [-0.39, 0.29) is 17.9 Å². The van der Waals surface area contributed by atoms with Gasteiger partial charge in [-0.15, -0.1) is 11.3 Å². The van der Waals surface area contributed by atoms with Crippen LogP contribution >= 0.6 is 11.3 Å². The predicted molar refractivity (Wildman–Crippen MR) is 140 cm³/mol. The molecule has 1 aliphatic carbocycles. The van der Waals surface area contributed by atoms with Crippen molar-refractivity contribution in [2.24, 2.45) is 5.92 Å². The van der Waals surface area contributed by atoms with Gasteiger partial charge in [0.2, 0.25) is 0 Å². The monoisotopic (exact) mass is 487 g/mol. The molecule has 0 unspecified atom stereocenters. The van der Waals surface area contributed by atoms with E-state index in [4.69, 9.17) is 0 Å². The van der Waals surface area contributed by atoms with Crippen LogP contribution in [0.25, 0.3) is 0 Å². The molecule has 0 bridgehead atoms. The summed E-state index contributed by atoms with van der Waals surface area (Å²) >= 11 is 1.76. The molecule has 0 spiro atoms. The molecule has 1 aliphatic heterocycles. The molecule has 1 fully saturated rings. The van der Waals surface area contributed by atoms with Gasteiger partial charge in [0.05, 0.1) is 5.56 Å². The SMILES string of the molecule is CN(C(=O)c1ccccn1)[C@@H](Cc1ccccc1)C1CCN(C(=O)c2csc3c2CCCC3)CC1. The number of aromatic nitrogens is 1. The number of thiophene rings is 1. The summed E-state index contributed by atoms with van der Waals surface area (Å²) in [6.07, 6.45) is 8.84. The molecular formula is C29H33N3O2S. The Kier molecular flexibility index (Phi) is 7.28. The molecule has 0 radical (unpaired) electrons. The second kappa shape index (κ2) is 10.7. The molecule has 2 amide bonds. The number of nitrogens with zero attached hydrogens (tertiary/aromatic N) is 3. The molecule has 35 heavy (non-hydrogen) atoms. The van der Waals surface area contributed by atoms with E-state index in [1.807, 2.05) is 35.0 Å². The van der Waals surface area contributed by atoms with Crippen LogP contribution in [0.5, 0.6) is 0 Å². The number of pyridine rings is 1. The summed E-state index contributed by atoms with van der Waals surface area (Å²) in [5.74, 6) is 0.476. The number of amides is 2. The van der Waals surface area contributed by atoms with Gasteiger partial charge in [-0.05, 0) is 74.1 Å². The van der Waals surface area contributed by atoms with Crippen molar-refractivity contribution in [3.05, 3.63) is 87.4 Å². The highest BCUT2D eigenvalue weighted by Gasteiger charge is 2.34. The third-order valence-electron chi connectivity index (χ3n) is 7.65. The highest BCUT2D eigenvalue weighted by Crippen LogP contribution is 2.33.